The molecule has 2 aromatic rings. The van der Waals surface area contributed by atoms with Gasteiger partial charge in [0.25, 0.3) is 5.91 Å². The van der Waals surface area contributed by atoms with Crippen LogP contribution in [0.25, 0.3) is 0 Å². The minimum absolute atomic E-state index is 0.0893. The van der Waals surface area contributed by atoms with Crippen molar-refractivity contribution in [1.82, 2.24) is 4.98 Å². The Kier molecular flexibility index (Phi) is 3.66. The minimum Gasteiger partial charge on any atom is -0.298 e. The molecule has 0 unspecified atom stereocenters. The second-order valence-electron chi connectivity index (χ2n) is 4.53. The van der Waals surface area contributed by atoms with Gasteiger partial charge in [0.2, 0.25) is 0 Å². The first-order valence-corrected chi connectivity index (χ1v) is 8.15. The molecule has 98 valence electrons. The number of rotatable bonds is 3. The Morgan fingerprint density at radius 2 is 2.11 bits per heavy atom. The van der Waals surface area contributed by atoms with Crippen molar-refractivity contribution in [2.75, 3.05) is 5.32 Å². The molecule has 0 bridgehead atoms. The summed E-state index contributed by atoms with van der Waals surface area (Å²) in [5.74, 6) is -0.0893. The predicted molar refractivity (Wildman–Crippen MR) is 81.2 cm³/mol. The molecule has 1 aromatic heterocycles. The molecule has 0 radical (unpaired) electrons. The van der Waals surface area contributed by atoms with Crippen LogP contribution in [-0.2, 0) is 18.2 Å². The fraction of sp³-hybridized carbons (Fsp3) is 0.286. The maximum Gasteiger partial charge on any atom is 0.257 e. The predicted octanol–water partition coefficient (Wildman–Crippen LogP) is 3.78. The Morgan fingerprint density at radius 1 is 1.32 bits per heavy atom. The number of thiazole rings is 1. The van der Waals surface area contributed by atoms with Crippen LogP contribution in [-0.4, -0.2) is 10.9 Å². The van der Waals surface area contributed by atoms with Crippen LogP contribution >= 0.6 is 27.3 Å². The number of nitrogens with zero attached hydrogens (tertiary/aromatic N) is 1. The Morgan fingerprint density at radius 3 is 2.79 bits per heavy atom. The highest BCUT2D eigenvalue weighted by atomic mass is 79.9. The van der Waals surface area contributed by atoms with Crippen LogP contribution in [0.15, 0.2) is 24.3 Å². The highest BCUT2D eigenvalue weighted by Gasteiger charge is 2.18. The number of halogens is 1. The highest BCUT2D eigenvalue weighted by Crippen LogP contribution is 2.30. The van der Waals surface area contributed by atoms with Gasteiger partial charge in [-0.15, -0.1) is 11.3 Å². The van der Waals surface area contributed by atoms with E-state index in [1.54, 1.807) is 11.3 Å². The Balaban J connectivity index is 1.72. The van der Waals surface area contributed by atoms with Gasteiger partial charge in [0.1, 0.15) is 0 Å². The van der Waals surface area contributed by atoms with E-state index in [1.807, 2.05) is 24.3 Å². The van der Waals surface area contributed by atoms with E-state index in [9.17, 15) is 4.79 Å². The molecule has 1 N–H and O–H groups in total. The van der Waals surface area contributed by atoms with E-state index in [0.717, 1.165) is 34.6 Å². The third-order valence-electron chi connectivity index (χ3n) is 3.19. The van der Waals surface area contributed by atoms with E-state index in [2.05, 4.69) is 26.2 Å². The molecule has 1 heterocycles. The molecule has 1 aliphatic rings. The minimum atomic E-state index is -0.0893. The summed E-state index contributed by atoms with van der Waals surface area (Å²) < 4.78 is 0. The van der Waals surface area contributed by atoms with Crippen LogP contribution in [0.4, 0.5) is 5.13 Å². The van der Waals surface area contributed by atoms with E-state index < -0.39 is 0 Å². The van der Waals surface area contributed by atoms with Gasteiger partial charge in [-0.3, -0.25) is 10.1 Å². The van der Waals surface area contributed by atoms with Crippen LogP contribution in [0, 0.1) is 0 Å². The molecule has 0 saturated heterocycles. The summed E-state index contributed by atoms with van der Waals surface area (Å²) in [6, 6.07) is 7.58. The lowest BCUT2D eigenvalue weighted by molar-refractivity contribution is 0.102. The van der Waals surface area contributed by atoms with E-state index in [0.29, 0.717) is 5.56 Å². The molecule has 0 saturated carbocycles. The summed E-state index contributed by atoms with van der Waals surface area (Å²) >= 11 is 4.99. The summed E-state index contributed by atoms with van der Waals surface area (Å²) in [5.41, 5.74) is 2.99. The standard InChI is InChI=1S/C14H13BrN2OS/c15-8-9-4-6-10(7-5-9)13(18)17-14-16-11-2-1-3-12(11)19-14/h4-7H,1-3,8H2,(H,16,17,18). The topological polar surface area (TPSA) is 42.0 Å². The quantitative estimate of drug-likeness (QED) is 0.866. The summed E-state index contributed by atoms with van der Waals surface area (Å²) in [5, 5.41) is 4.40. The Bertz CT molecular complexity index is 585. The zero-order valence-corrected chi connectivity index (χ0v) is 12.7. The molecule has 3 rings (SSSR count). The Labute approximate surface area is 124 Å². The number of hydrogen-bond donors (Lipinski definition) is 1. The van der Waals surface area contributed by atoms with E-state index in [4.69, 9.17) is 0 Å². The van der Waals surface area contributed by atoms with Crippen LogP contribution in [0.3, 0.4) is 0 Å². The van der Waals surface area contributed by atoms with Crippen molar-refractivity contribution in [1.29, 1.82) is 0 Å². The van der Waals surface area contributed by atoms with Crippen molar-refractivity contribution in [3.8, 4) is 0 Å². The number of alkyl halides is 1. The largest absolute Gasteiger partial charge is 0.298 e. The maximum absolute atomic E-state index is 12.1. The molecule has 1 aromatic carbocycles. The van der Waals surface area contributed by atoms with Gasteiger partial charge in [0, 0.05) is 15.8 Å². The van der Waals surface area contributed by atoms with Gasteiger partial charge in [0.15, 0.2) is 5.13 Å². The number of carbonyl (C=O) groups is 1. The number of aromatic nitrogens is 1. The van der Waals surface area contributed by atoms with Crippen LogP contribution < -0.4 is 5.32 Å². The van der Waals surface area contributed by atoms with Crippen molar-refractivity contribution in [2.24, 2.45) is 0 Å². The second-order valence-corrected chi connectivity index (χ2v) is 6.17. The third-order valence-corrected chi connectivity index (χ3v) is 4.91. The van der Waals surface area contributed by atoms with E-state index in [-0.39, 0.29) is 5.91 Å². The summed E-state index contributed by atoms with van der Waals surface area (Å²) in [7, 11) is 0. The molecule has 0 aliphatic heterocycles. The molecule has 1 amide bonds. The third kappa shape index (κ3) is 2.72. The lowest BCUT2D eigenvalue weighted by Crippen LogP contribution is -2.11. The number of aryl methyl sites for hydroxylation is 2. The molecule has 19 heavy (non-hydrogen) atoms. The van der Waals surface area contributed by atoms with Crippen molar-refractivity contribution >= 4 is 38.3 Å². The lowest BCUT2D eigenvalue weighted by Gasteiger charge is -2.02. The molecule has 5 heteroatoms. The van der Waals surface area contributed by atoms with Gasteiger partial charge in [-0.25, -0.2) is 4.98 Å². The first-order valence-electron chi connectivity index (χ1n) is 6.21. The molecule has 1 aliphatic carbocycles. The van der Waals surface area contributed by atoms with Crippen LogP contribution in [0.5, 0.6) is 0 Å². The van der Waals surface area contributed by atoms with Crippen LogP contribution in [0.1, 0.15) is 32.9 Å². The number of hydrogen-bond acceptors (Lipinski definition) is 3. The monoisotopic (exact) mass is 336 g/mol. The summed E-state index contributed by atoms with van der Waals surface area (Å²) in [6.45, 7) is 0. The van der Waals surface area contributed by atoms with Crippen LogP contribution in [0.2, 0.25) is 0 Å². The number of carbonyl (C=O) groups excluding carboxylic acids is 1. The number of anilines is 1. The van der Waals surface area contributed by atoms with Gasteiger partial charge in [0.05, 0.1) is 5.69 Å². The average molecular weight is 337 g/mol. The zero-order valence-electron chi connectivity index (χ0n) is 10.3. The SMILES string of the molecule is O=C(Nc1nc2c(s1)CCC2)c1ccc(CBr)cc1. The van der Waals surface area contributed by atoms with Gasteiger partial charge >= 0.3 is 0 Å². The molecule has 0 fully saturated rings. The molecule has 0 atom stereocenters. The lowest BCUT2D eigenvalue weighted by atomic mass is 10.1. The fourth-order valence-corrected chi connectivity index (χ4v) is 3.58. The molecule has 0 spiro atoms. The van der Waals surface area contributed by atoms with Gasteiger partial charge < -0.3 is 0 Å². The van der Waals surface area contributed by atoms with E-state index in [1.165, 1.54) is 11.3 Å². The highest BCUT2D eigenvalue weighted by molar-refractivity contribution is 9.08. The summed E-state index contributed by atoms with van der Waals surface area (Å²) in [4.78, 5) is 17.9. The first kappa shape index (κ1) is 12.8. The average Bonchev–Trinajstić information content (AvgIpc) is 2.99. The van der Waals surface area contributed by atoms with Crippen molar-refractivity contribution in [3.05, 3.63) is 46.0 Å². The van der Waals surface area contributed by atoms with Gasteiger partial charge in [-0.2, -0.15) is 0 Å². The molecule has 3 nitrogen and oxygen atoms in total. The van der Waals surface area contributed by atoms with Gasteiger partial charge in [-0.05, 0) is 37.0 Å². The smallest absolute Gasteiger partial charge is 0.257 e. The Hall–Kier alpha value is -1.20. The van der Waals surface area contributed by atoms with E-state index >= 15 is 0 Å². The van der Waals surface area contributed by atoms with Crippen molar-refractivity contribution in [3.63, 3.8) is 0 Å². The maximum atomic E-state index is 12.1. The number of fused-ring (bicyclic) bond motifs is 1. The van der Waals surface area contributed by atoms with Crippen molar-refractivity contribution < 1.29 is 4.79 Å². The molecular formula is C14H13BrN2OS. The number of nitrogens with one attached hydrogen (secondary N) is 1. The number of benzene rings is 1. The zero-order chi connectivity index (χ0) is 13.2. The molecular weight excluding hydrogens is 324 g/mol. The fourth-order valence-electron chi connectivity index (χ4n) is 2.16. The van der Waals surface area contributed by atoms with Gasteiger partial charge in [-0.1, -0.05) is 28.1 Å². The second kappa shape index (κ2) is 5.43. The first-order chi connectivity index (χ1) is 9.26. The van der Waals surface area contributed by atoms with Crippen molar-refractivity contribution in [2.45, 2.75) is 24.6 Å². The number of amides is 1. The summed E-state index contributed by atoms with van der Waals surface area (Å²) in [6.07, 6.45) is 3.33. The normalized spacial score (nSPS) is 13.3.